The Hall–Kier alpha value is -1.66. The molecule has 3 nitrogen and oxygen atoms in total. The van der Waals surface area contributed by atoms with Gasteiger partial charge in [-0.15, -0.1) is 0 Å². The van der Waals surface area contributed by atoms with Crippen molar-refractivity contribution in [2.24, 2.45) is 5.92 Å². The molecule has 0 saturated carbocycles. The zero-order valence-corrected chi connectivity index (χ0v) is 12.2. The Morgan fingerprint density at radius 2 is 1.89 bits per heavy atom. The molecule has 1 rings (SSSR count). The molecular weight excluding hydrogens is 236 g/mol. The summed E-state index contributed by atoms with van der Waals surface area (Å²) in [5, 5.41) is 8.82. The van der Waals surface area contributed by atoms with Gasteiger partial charge in [0.2, 0.25) is 0 Å². The molecule has 0 aromatic heterocycles. The van der Waals surface area contributed by atoms with Gasteiger partial charge in [-0.2, -0.15) is 5.26 Å². The van der Waals surface area contributed by atoms with E-state index < -0.39 is 0 Å². The number of ketones is 1. The first-order valence-electron chi connectivity index (χ1n) is 6.72. The quantitative estimate of drug-likeness (QED) is 0.737. The van der Waals surface area contributed by atoms with Crippen molar-refractivity contribution in [2.75, 3.05) is 13.6 Å². The van der Waals surface area contributed by atoms with Gasteiger partial charge < -0.3 is 0 Å². The fraction of sp³-hybridized carbons (Fsp3) is 0.500. The summed E-state index contributed by atoms with van der Waals surface area (Å²) in [5.41, 5.74) is 1.97. The summed E-state index contributed by atoms with van der Waals surface area (Å²) in [5.74, 6) is 0.0398. The molecule has 0 amide bonds. The number of likely N-dealkylation sites (N-methyl/N-ethyl adjacent to an activating group) is 1. The Morgan fingerprint density at radius 1 is 1.32 bits per heavy atom. The predicted molar refractivity (Wildman–Crippen MR) is 77.0 cm³/mol. The minimum atomic E-state index is -0.205. The minimum Gasteiger partial charge on any atom is -0.295 e. The number of rotatable bonds is 6. The van der Waals surface area contributed by atoms with Gasteiger partial charge in [-0.3, -0.25) is 9.69 Å². The van der Waals surface area contributed by atoms with Crippen molar-refractivity contribution in [1.29, 1.82) is 5.26 Å². The van der Waals surface area contributed by atoms with Crippen LogP contribution in [0.2, 0.25) is 0 Å². The van der Waals surface area contributed by atoms with Gasteiger partial charge in [0.1, 0.15) is 0 Å². The number of hydrogen-bond acceptors (Lipinski definition) is 3. The molecule has 2 unspecified atom stereocenters. The number of aryl methyl sites for hydroxylation is 1. The van der Waals surface area contributed by atoms with E-state index in [4.69, 9.17) is 5.26 Å². The highest BCUT2D eigenvalue weighted by molar-refractivity contribution is 5.99. The van der Waals surface area contributed by atoms with E-state index in [0.29, 0.717) is 6.54 Å². The average Bonchev–Trinajstić information content (AvgIpc) is 2.45. The molecule has 0 heterocycles. The number of nitrogens with zero attached hydrogens (tertiary/aromatic N) is 2. The van der Waals surface area contributed by atoms with E-state index in [0.717, 1.165) is 12.0 Å². The summed E-state index contributed by atoms with van der Waals surface area (Å²) in [6.07, 6.45) is 0.976. The average molecular weight is 258 g/mol. The lowest BCUT2D eigenvalue weighted by atomic mass is 10.0. The third kappa shape index (κ3) is 4.18. The molecule has 2 atom stereocenters. The molecule has 0 radical (unpaired) electrons. The second-order valence-electron chi connectivity index (χ2n) is 5.06. The SMILES string of the molecule is CCc1ccc(C(=O)C(C)N(C)CC(C)C#N)cc1. The van der Waals surface area contributed by atoms with E-state index in [-0.39, 0.29) is 17.7 Å². The summed E-state index contributed by atoms with van der Waals surface area (Å²) < 4.78 is 0. The number of nitriles is 1. The van der Waals surface area contributed by atoms with Crippen LogP contribution in [0, 0.1) is 17.2 Å². The van der Waals surface area contributed by atoms with Crippen LogP contribution < -0.4 is 0 Å². The van der Waals surface area contributed by atoms with Gasteiger partial charge >= 0.3 is 0 Å². The van der Waals surface area contributed by atoms with Crippen LogP contribution >= 0.6 is 0 Å². The van der Waals surface area contributed by atoms with Gasteiger partial charge in [-0.05, 0) is 32.9 Å². The normalized spacial score (nSPS) is 13.9. The molecule has 19 heavy (non-hydrogen) atoms. The molecule has 1 aromatic rings. The highest BCUT2D eigenvalue weighted by Gasteiger charge is 2.20. The molecule has 3 heteroatoms. The Labute approximate surface area is 115 Å². The summed E-state index contributed by atoms with van der Waals surface area (Å²) in [7, 11) is 1.89. The Kier molecular flexibility index (Phi) is 5.72. The number of Topliss-reactive ketones (excluding diaryl/α,β-unsaturated/α-hetero) is 1. The maximum absolute atomic E-state index is 12.3. The molecular formula is C16H22N2O. The standard InChI is InChI=1S/C16H22N2O/c1-5-14-6-8-15(9-7-14)16(19)13(3)18(4)11-12(2)10-17/h6-9,12-13H,5,11H2,1-4H3. The van der Waals surface area contributed by atoms with E-state index in [2.05, 4.69) is 13.0 Å². The first kappa shape index (κ1) is 15.4. The molecule has 0 aliphatic heterocycles. The third-order valence-electron chi connectivity index (χ3n) is 3.47. The van der Waals surface area contributed by atoms with Crippen LogP contribution in [0.5, 0.6) is 0 Å². The maximum atomic E-state index is 12.3. The Bertz CT molecular complexity index is 459. The maximum Gasteiger partial charge on any atom is 0.179 e. The summed E-state index contributed by atoms with van der Waals surface area (Å²) >= 11 is 0. The van der Waals surface area contributed by atoms with Crippen molar-refractivity contribution < 1.29 is 4.79 Å². The monoisotopic (exact) mass is 258 g/mol. The fourth-order valence-corrected chi connectivity index (χ4v) is 1.98. The lowest BCUT2D eigenvalue weighted by Crippen LogP contribution is -2.38. The molecule has 102 valence electrons. The largest absolute Gasteiger partial charge is 0.295 e. The summed E-state index contributed by atoms with van der Waals surface area (Å²) in [6.45, 7) is 6.46. The van der Waals surface area contributed by atoms with Crippen LogP contribution in [0.15, 0.2) is 24.3 Å². The van der Waals surface area contributed by atoms with Gasteiger partial charge in [0.15, 0.2) is 5.78 Å². The zero-order valence-electron chi connectivity index (χ0n) is 12.2. The van der Waals surface area contributed by atoms with Crippen molar-refractivity contribution in [2.45, 2.75) is 33.2 Å². The van der Waals surface area contributed by atoms with Gasteiger partial charge in [-0.1, -0.05) is 31.2 Å². The first-order chi connectivity index (χ1) is 8.99. The molecule has 0 aliphatic rings. The molecule has 0 bridgehead atoms. The molecule has 0 saturated heterocycles. The van der Waals surface area contributed by atoms with Gasteiger partial charge in [0, 0.05) is 12.1 Å². The van der Waals surface area contributed by atoms with Crippen LogP contribution in [-0.4, -0.2) is 30.3 Å². The van der Waals surface area contributed by atoms with Crippen molar-refractivity contribution in [3.8, 4) is 6.07 Å². The molecule has 0 spiro atoms. The predicted octanol–water partition coefficient (Wildman–Crippen LogP) is 2.91. The lowest BCUT2D eigenvalue weighted by Gasteiger charge is -2.24. The Morgan fingerprint density at radius 3 is 2.37 bits per heavy atom. The van der Waals surface area contributed by atoms with E-state index >= 15 is 0 Å². The molecule has 1 aromatic carbocycles. The van der Waals surface area contributed by atoms with E-state index in [1.807, 2.05) is 50.1 Å². The van der Waals surface area contributed by atoms with E-state index in [1.54, 1.807) is 0 Å². The van der Waals surface area contributed by atoms with E-state index in [1.165, 1.54) is 5.56 Å². The van der Waals surface area contributed by atoms with Crippen LogP contribution in [-0.2, 0) is 6.42 Å². The molecule has 0 aliphatic carbocycles. The molecule has 0 fully saturated rings. The second kappa shape index (κ2) is 7.06. The van der Waals surface area contributed by atoms with Crippen LogP contribution in [0.1, 0.15) is 36.7 Å². The smallest absolute Gasteiger partial charge is 0.179 e. The van der Waals surface area contributed by atoms with Crippen molar-refractivity contribution >= 4 is 5.78 Å². The van der Waals surface area contributed by atoms with Crippen molar-refractivity contribution in [1.82, 2.24) is 4.90 Å². The van der Waals surface area contributed by atoms with Gasteiger partial charge in [-0.25, -0.2) is 0 Å². The van der Waals surface area contributed by atoms with Gasteiger partial charge in [0.05, 0.1) is 18.0 Å². The topological polar surface area (TPSA) is 44.1 Å². The highest BCUT2D eigenvalue weighted by atomic mass is 16.1. The summed E-state index contributed by atoms with van der Waals surface area (Å²) in [6, 6.07) is 9.76. The summed E-state index contributed by atoms with van der Waals surface area (Å²) in [4.78, 5) is 14.3. The number of carbonyl (C=O) groups excluding carboxylic acids is 1. The lowest BCUT2D eigenvalue weighted by molar-refractivity contribution is 0.0862. The Balaban J connectivity index is 2.73. The van der Waals surface area contributed by atoms with Crippen molar-refractivity contribution in [3.63, 3.8) is 0 Å². The third-order valence-corrected chi connectivity index (χ3v) is 3.47. The number of hydrogen-bond donors (Lipinski definition) is 0. The first-order valence-corrected chi connectivity index (χ1v) is 6.72. The zero-order chi connectivity index (χ0) is 14.4. The van der Waals surface area contributed by atoms with Crippen LogP contribution in [0.4, 0.5) is 0 Å². The van der Waals surface area contributed by atoms with Gasteiger partial charge in [0.25, 0.3) is 0 Å². The van der Waals surface area contributed by atoms with Crippen LogP contribution in [0.25, 0.3) is 0 Å². The van der Waals surface area contributed by atoms with Crippen LogP contribution in [0.3, 0.4) is 0 Å². The second-order valence-corrected chi connectivity index (χ2v) is 5.06. The number of benzene rings is 1. The number of carbonyl (C=O) groups is 1. The minimum absolute atomic E-state index is 0.0669. The highest BCUT2D eigenvalue weighted by Crippen LogP contribution is 2.11. The fourth-order valence-electron chi connectivity index (χ4n) is 1.98. The molecule has 0 N–H and O–H groups in total. The van der Waals surface area contributed by atoms with E-state index in [9.17, 15) is 4.79 Å². The van der Waals surface area contributed by atoms with Crippen molar-refractivity contribution in [3.05, 3.63) is 35.4 Å².